The van der Waals surface area contributed by atoms with Gasteiger partial charge in [-0.25, -0.2) is 0 Å². The third-order valence-electron chi connectivity index (χ3n) is 3.53. The van der Waals surface area contributed by atoms with Crippen molar-refractivity contribution in [3.63, 3.8) is 0 Å². The second-order valence-corrected chi connectivity index (χ2v) is 5.20. The summed E-state index contributed by atoms with van der Waals surface area (Å²) in [5.41, 5.74) is 1.38. The molecule has 0 saturated carbocycles. The van der Waals surface area contributed by atoms with Crippen LogP contribution >= 0.6 is 0 Å². The lowest BCUT2D eigenvalue weighted by atomic mass is 9.80. The van der Waals surface area contributed by atoms with E-state index in [1.165, 1.54) is 0 Å². The van der Waals surface area contributed by atoms with Gasteiger partial charge >= 0.3 is 7.12 Å². The van der Waals surface area contributed by atoms with Crippen LogP contribution in [-0.2, 0) is 0 Å². The highest BCUT2D eigenvalue weighted by Crippen LogP contribution is 2.23. The molecule has 26 heavy (non-hydrogen) atoms. The molecule has 0 fully saturated rings. The van der Waals surface area contributed by atoms with Crippen LogP contribution in [0.1, 0.15) is 10.6 Å². The fourth-order valence-electron chi connectivity index (χ4n) is 2.10. The normalized spacial score (nSPS) is 9.69. The summed E-state index contributed by atoms with van der Waals surface area (Å²) in [6.07, 6.45) is 0.688. The number of methoxy groups -OCH3 is 2. The minimum atomic E-state index is -1.40. The van der Waals surface area contributed by atoms with Crippen molar-refractivity contribution in [2.24, 2.45) is 0 Å². The first-order valence-electron chi connectivity index (χ1n) is 7.77. The zero-order chi connectivity index (χ0) is 18.9. The van der Waals surface area contributed by atoms with Crippen LogP contribution in [0.4, 0.5) is 0 Å². The number of hydrogen-bond donors (Lipinski definition) is 2. The lowest BCUT2D eigenvalue weighted by molar-refractivity contribution is 0.110. The smallest absolute Gasteiger partial charge is 0.488 e. The quantitative estimate of drug-likeness (QED) is 0.539. The molecule has 0 saturated heterocycles. The molecule has 1 heterocycles. The largest absolute Gasteiger partial charge is 0.497 e. The maximum Gasteiger partial charge on any atom is 0.488 e. The summed E-state index contributed by atoms with van der Waals surface area (Å²) in [5.74, 6) is 2.51. The van der Waals surface area contributed by atoms with E-state index >= 15 is 0 Å². The van der Waals surface area contributed by atoms with Crippen LogP contribution in [0.25, 0.3) is 11.3 Å². The molecule has 0 aliphatic heterocycles. The number of carbonyl (C=O) groups excluding carboxylic acids is 1. The van der Waals surface area contributed by atoms with Gasteiger partial charge in [0.1, 0.15) is 17.3 Å². The summed E-state index contributed by atoms with van der Waals surface area (Å²) in [5, 5.41) is 17.4. The van der Waals surface area contributed by atoms with Gasteiger partial charge in [0.15, 0.2) is 12.0 Å². The lowest BCUT2D eigenvalue weighted by Crippen LogP contribution is -2.29. The summed E-state index contributed by atoms with van der Waals surface area (Å²) in [7, 11) is 1.78. The first kappa shape index (κ1) is 19.3. The van der Waals surface area contributed by atoms with Gasteiger partial charge in [-0.3, -0.25) is 4.79 Å². The van der Waals surface area contributed by atoms with Crippen LogP contribution in [0.5, 0.6) is 11.5 Å². The third kappa shape index (κ3) is 5.24. The second kappa shape index (κ2) is 9.46. The first-order valence-corrected chi connectivity index (χ1v) is 7.77. The van der Waals surface area contributed by atoms with Gasteiger partial charge in [-0.2, -0.15) is 0 Å². The van der Waals surface area contributed by atoms with E-state index in [0.717, 1.165) is 11.3 Å². The molecule has 2 N–H and O–H groups in total. The van der Waals surface area contributed by atoms with Gasteiger partial charge in [0.2, 0.25) is 0 Å². The highest BCUT2D eigenvalue weighted by molar-refractivity contribution is 6.58. The van der Waals surface area contributed by atoms with E-state index in [-0.39, 0.29) is 0 Å². The molecule has 0 atom stereocenters. The number of carbonyl (C=O) groups is 1. The van der Waals surface area contributed by atoms with Crippen LogP contribution in [0.2, 0.25) is 0 Å². The molecule has 0 aliphatic carbocycles. The Bertz CT molecular complexity index is 809. The SMILES string of the molecule is COc1ccc(-c2ccc(C=O)o2)cc1.COc1ccc(B(O)O)cc1. The predicted molar refractivity (Wildman–Crippen MR) is 98.9 cm³/mol. The fourth-order valence-corrected chi connectivity index (χ4v) is 2.10. The number of aldehydes is 1. The van der Waals surface area contributed by atoms with Crippen molar-refractivity contribution in [2.45, 2.75) is 0 Å². The average molecular weight is 354 g/mol. The molecule has 0 spiro atoms. The van der Waals surface area contributed by atoms with Gasteiger partial charge in [0, 0.05) is 5.56 Å². The Morgan fingerprint density at radius 2 is 1.38 bits per heavy atom. The zero-order valence-corrected chi connectivity index (χ0v) is 14.5. The molecule has 0 unspecified atom stereocenters. The summed E-state index contributed by atoms with van der Waals surface area (Å²) in [4.78, 5) is 10.4. The van der Waals surface area contributed by atoms with Crippen LogP contribution < -0.4 is 14.9 Å². The van der Waals surface area contributed by atoms with E-state index in [4.69, 9.17) is 23.9 Å². The Morgan fingerprint density at radius 1 is 0.846 bits per heavy atom. The van der Waals surface area contributed by atoms with Crippen molar-refractivity contribution in [1.82, 2.24) is 0 Å². The summed E-state index contributed by atoms with van der Waals surface area (Å²) in [6, 6.07) is 17.4. The molecular weight excluding hydrogens is 335 g/mol. The molecule has 0 bridgehead atoms. The minimum Gasteiger partial charge on any atom is -0.497 e. The Morgan fingerprint density at radius 3 is 1.81 bits per heavy atom. The van der Waals surface area contributed by atoms with Gasteiger partial charge in [-0.1, -0.05) is 12.1 Å². The van der Waals surface area contributed by atoms with Crippen LogP contribution in [0.3, 0.4) is 0 Å². The monoisotopic (exact) mass is 354 g/mol. The topological polar surface area (TPSA) is 89.1 Å². The van der Waals surface area contributed by atoms with E-state index < -0.39 is 7.12 Å². The molecule has 134 valence electrons. The molecule has 0 aliphatic rings. The molecule has 3 rings (SSSR count). The highest BCUT2D eigenvalue weighted by atomic mass is 16.5. The van der Waals surface area contributed by atoms with E-state index in [2.05, 4.69) is 0 Å². The van der Waals surface area contributed by atoms with Crippen molar-refractivity contribution in [2.75, 3.05) is 14.2 Å². The minimum absolute atomic E-state index is 0.334. The van der Waals surface area contributed by atoms with Crippen molar-refractivity contribution in [1.29, 1.82) is 0 Å². The van der Waals surface area contributed by atoms with E-state index in [9.17, 15) is 4.79 Å². The third-order valence-corrected chi connectivity index (χ3v) is 3.53. The highest BCUT2D eigenvalue weighted by Gasteiger charge is 2.09. The van der Waals surface area contributed by atoms with E-state index in [1.54, 1.807) is 50.6 Å². The van der Waals surface area contributed by atoms with Gasteiger partial charge in [0.25, 0.3) is 0 Å². The van der Waals surface area contributed by atoms with E-state index in [0.29, 0.717) is 29.0 Å². The fraction of sp³-hybridized carbons (Fsp3) is 0.105. The van der Waals surface area contributed by atoms with Crippen molar-refractivity contribution < 1.29 is 28.7 Å². The van der Waals surface area contributed by atoms with Gasteiger partial charge in [-0.15, -0.1) is 0 Å². The Kier molecular flexibility index (Phi) is 7.02. The number of benzene rings is 2. The summed E-state index contributed by atoms with van der Waals surface area (Å²) < 4.78 is 15.2. The van der Waals surface area contributed by atoms with Gasteiger partial charge in [-0.05, 0) is 54.0 Å². The zero-order valence-electron chi connectivity index (χ0n) is 14.5. The Balaban J connectivity index is 0.000000197. The number of rotatable bonds is 5. The second-order valence-electron chi connectivity index (χ2n) is 5.20. The molecule has 0 radical (unpaired) electrons. The van der Waals surface area contributed by atoms with Crippen molar-refractivity contribution >= 4 is 18.9 Å². The number of ether oxygens (including phenoxy) is 2. The Labute approximate surface area is 151 Å². The van der Waals surface area contributed by atoms with E-state index in [1.807, 2.05) is 24.3 Å². The van der Waals surface area contributed by atoms with Gasteiger partial charge < -0.3 is 23.9 Å². The maximum atomic E-state index is 10.4. The maximum absolute atomic E-state index is 10.4. The van der Waals surface area contributed by atoms with Crippen LogP contribution in [0, 0.1) is 0 Å². The molecule has 1 aromatic heterocycles. The average Bonchev–Trinajstić information content (AvgIpc) is 3.18. The number of furan rings is 1. The molecule has 0 amide bonds. The number of hydrogen-bond acceptors (Lipinski definition) is 6. The summed E-state index contributed by atoms with van der Waals surface area (Å²) >= 11 is 0. The van der Waals surface area contributed by atoms with Gasteiger partial charge in [0.05, 0.1) is 14.2 Å². The van der Waals surface area contributed by atoms with Crippen LogP contribution in [-0.4, -0.2) is 37.7 Å². The molecule has 7 heteroatoms. The molecule has 6 nitrogen and oxygen atoms in total. The van der Waals surface area contributed by atoms with Crippen molar-refractivity contribution in [3.8, 4) is 22.8 Å². The first-order chi connectivity index (χ1) is 12.6. The molecule has 2 aromatic carbocycles. The standard InChI is InChI=1S/C12H10O3.C7H9BO3/c1-14-10-4-2-9(3-5-10)12-7-6-11(8-13)15-12;1-11-7-4-2-6(3-5-7)8(9)10/h2-8H,1H3;2-5,9-10H,1H3. The van der Waals surface area contributed by atoms with Crippen molar-refractivity contribution in [3.05, 3.63) is 66.4 Å². The van der Waals surface area contributed by atoms with Crippen LogP contribution in [0.15, 0.2) is 65.1 Å². The molecule has 3 aromatic rings. The predicted octanol–water partition coefficient (Wildman–Crippen LogP) is 2.14. The Hall–Kier alpha value is -3.03. The molecular formula is C19H19BO6. The lowest BCUT2D eigenvalue weighted by Gasteiger charge is -2.00. The summed E-state index contributed by atoms with van der Waals surface area (Å²) in [6.45, 7) is 0.